The van der Waals surface area contributed by atoms with Crippen LogP contribution in [0.25, 0.3) is 0 Å². The van der Waals surface area contributed by atoms with Gasteiger partial charge in [-0.15, -0.1) is 0 Å². The van der Waals surface area contributed by atoms with Gasteiger partial charge in [0.05, 0.1) is 50.7 Å². The number of hydrogen-bond acceptors (Lipinski definition) is 8. The summed E-state index contributed by atoms with van der Waals surface area (Å²) in [5.41, 5.74) is 20.7. The number of rotatable bonds is 10. The SMILES string of the molecule is NC(N)=NCC(O)COC1CCCCCC1.NC(N)=NCC(O)COC1CCCCCC1.O=S(=O)(O)O. The van der Waals surface area contributed by atoms with Crippen molar-refractivity contribution < 1.29 is 37.2 Å². The zero-order valence-electron chi connectivity index (χ0n) is 21.7. The fraction of sp³-hybridized carbons (Fsp3) is 0.909. The van der Waals surface area contributed by atoms with E-state index in [1.54, 1.807) is 0 Å². The van der Waals surface area contributed by atoms with Crippen LogP contribution in [-0.4, -0.2) is 90.4 Å². The summed E-state index contributed by atoms with van der Waals surface area (Å²) in [4.78, 5) is 7.50. The Labute approximate surface area is 220 Å². The number of nitrogens with zero attached hydrogens (tertiary/aromatic N) is 2. The molecule has 0 aromatic rings. The first-order valence-electron chi connectivity index (χ1n) is 12.8. The maximum atomic E-state index is 9.56. The zero-order chi connectivity index (χ0) is 28.1. The minimum Gasteiger partial charge on any atom is -0.389 e. The highest BCUT2D eigenvalue weighted by atomic mass is 32.3. The maximum Gasteiger partial charge on any atom is 0.394 e. The van der Waals surface area contributed by atoms with Gasteiger partial charge in [-0.1, -0.05) is 51.4 Å². The number of nitrogens with two attached hydrogens (primary N) is 4. The molecule has 0 saturated heterocycles. The fourth-order valence-electron chi connectivity index (χ4n) is 3.84. The highest BCUT2D eigenvalue weighted by Gasteiger charge is 2.15. The van der Waals surface area contributed by atoms with E-state index in [0.717, 1.165) is 25.7 Å². The van der Waals surface area contributed by atoms with Gasteiger partial charge in [0.1, 0.15) is 0 Å². The van der Waals surface area contributed by atoms with E-state index in [0.29, 0.717) is 25.4 Å². The summed E-state index contributed by atoms with van der Waals surface area (Å²) in [5, 5.41) is 19.1. The minimum atomic E-state index is -4.67. The lowest BCUT2D eigenvalue weighted by Gasteiger charge is -2.17. The van der Waals surface area contributed by atoms with E-state index in [-0.39, 0.29) is 25.0 Å². The predicted molar refractivity (Wildman–Crippen MR) is 142 cm³/mol. The second-order valence-corrected chi connectivity index (χ2v) is 10.1. The molecule has 2 unspecified atom stereocenters. The van der Waals surface area contributed by atoms with E-state index in [1.807, 2.05) is 0 Å². The highest BCUT2D eigenvalue weighted by Crippen LogP contribution is 2.20. The second-order valence-electron chi connectivity index (χ2n) is 9.18. The number of ether oxygens (including phenoxy) is 2. The lowest BCUT2D eigenvalue weighted by atomic mass is 10.1. The van der Waals surface area contributed by atoms with Gasteiger partial charge in [0.25, 0.3) is 0 Å². The molecule has 0 bridgehead atoms. The molecule has 2 saturated carbocycles. The average Bonchev–Trinajstić information content (AvgIpc) is 3.23. The van der Waals surface area contributed by atoms with Crippen molar-refractivity contribution in [3.05, 3.63) is 0 Å². The molecule has 0 heterocycles. The summed E-state index contributed by atoms with van der Waals surface area (Å²) in [6, 6.07) is 0. The third kappa shape index (κ3) is 27.1. The van der Waals surface area contributed by atoms with Crippen molar-refractivity contribution in [2.45, 2.75) is 101 Å². The smallest absolute Gasteiger partial charge is 0.389 e. The summed E-state index contributed by atoms with van der Waals surface area (Å²) in [6.07, 6.45) is 13.9. The summed E-state index contributed by atoms with van der Waals surface area (Å²) in [6.45, 7) is 1.08. The van der Waals surface area contributed by atoms with Gasteiger partial charge in [-0.2, -0.15) is 8.42 Å². The van der Waals surface area contributed by atoms with Crippen LogP contribution in [0.4, 0.5) is 0 Å². The molecule has 2 fully saturated rings. The van der Waals surface area contributed by atoms with Crippen LogP contribution in [0, 0.1) is 0 Å². The molecule has 0 amide bonds. The van der Waals surface area contributed by atoms with Crippen LogP contribution >= 0.6 is 0 Å². The molecule has 2 atom stereocenters. The predicted octanol–water partition coefficient (Wildman–Crippen LogP) is 0.0674. The van der Waals surface area contributed by atoms with Crippen LogP contribution in [-0.2, 0) is 19.9 Å². The van der Waals surface area contributed by atoms with Gasteiger partial charge in [-0.3, -0.25) is 19.1 Å². The molecule has 0 aliphatic heterocycles. The van der Waals surface area contributed by atoms with Gasteiger partial charge in [0.15, 0.2) is 11.9 Å². The number of aliphatic hydroxyl groups is 2. The third-order valence-corrected chi connectivity index (χ3v) is 5.62. The highest BCUT2D eigenvalue weighted by molar-refractivity contribution is 7.79. The molecule has 220 valence electrons. The molecule has 37 heavy (non-hydrogen) atoms. The number of aliphatic hydroxyl groups excluding tert-OH is 2. The van der Waals surface area contributed by atoms with Crippen molar-refractivity contribution in [3.8, 4) is 0 Å². The number of aliphatic imine (C=N–C) groups is 2. The van der Waals surface area contributed by atoms with Crippen LogP contribution < -0.4 is 22.9 Å². The Kier molecular flexibility index (Phi) is 20.2. The average molecular weight is 557 g/mol. The van der Waals surface area contributed by atoms with Crippen LogP contribution in [0.5, 0.6) is 0 Å². The van der Waals surface area contributed by atoms with Gasteiger partial charge in [-0.25, -0.2) is 0 Å². The standard InChI is InChI=1S/2C11H23N3O2.H2O4S/c2*12-11(13)14-7-9(15)8-16-10-5-3-1-2-4-6-10;1-5(2,3)4/h2*9-10,15H,1-8H2,(H4,12,13,14);(H2,1,2,3,4). The zero-order valence-corrected chi connectivity index (χ0v) is 22.5. The maximum absolute atomic E-state index is 9.56. The van der Waals surface area contributed by atoms with Crippen LogP contribution in [0.1, 0.15) is 77.0 Å². The summed E-state index contributed by atoms with van der Waals surface area (Å²) < 4.78 is 42.9. The van der Waals surface area contributed by atoms with Crippen molar-refractivity contribution in [1.29, 1.82) is 0 Å². The first kappa shape index (κ1) is 35.2. The second kappa shape index (κ2) is 21.2. The molecule has 2 aliphatic carbocycles. The van der Waals surface area contributed by atoms with Crippen molar-refractivity contribution in [2.75, 3.05) is 26.3 Å². The van der Waals surface area contributed by atoms with E-state index in [1.165, 1.54) is 51.4 Å². The monoisotopic (exact) mass is 556 g/mol. The van der Waals surface area contributed by atoms with Crippen molar-refractivity contribution in [2.24, 2.45) is 32.9 Å². The molecule has 2 rings (SSSR count). The first-order valence-corrected chi connectivity index (χ1v) is 14.2. The van der Waals surface area contributed by atoms with E-state index < -0.39 is 22.6 Å². The molecule has 0 radical (unpaired) electrons. The van der Waals surface area contributed by atoms with Gasteiger partial charge in [0.2, 0.25) is 0 Å². The molecule has 0 spiro atoms. The molecular formula is C22H48N6O8S. The Balaban J connectivity index is 0.000000594. The Morgan fingerprint density at radius 3 is 1.19 bits per heavy atom. The minimum absolute atomic E-state index is 0.00789. The van der Waals surface area contributed by atoms with E-state index in [2.05, 4.69) is 9.98 Å². The molecule has 2 aliphatic rings. The molecule has 0 aromatic heterocycles. The van der Waals surface area contributed by atoms with Gasteiger partial charge >= 0.3 is 10.4 Å². The van der Waals surface area contributed by atoms with Crippen molar-refractivity contribution in [1.82, 2.24) is 0 Å². The number of hydrogen-bond donors (Lipinski definition) is 8. The lowest BCUT2D eigenvalue weighted by molar-refractivity contribution is -0.0116. The Morgan fingerprint density at radius 1 is 0.676 bits per heavy atom. The van der Waals surface area contributed by atoms with Crippen LogP contribution in [0.2, 0.25) is 0 Å². The van der Waals surface area contributed by atoms with E-state index in [4.69, 9.17) is 49.9 Å². The normalized spacial score (nSPS) is 18.9. The molecule has 15 heteroatoms. The van der Waals surface area contributed by atoms with Gasteiger partial charge in [0, 0.05) is 0 Å². The largest absolute Gasteiger partial charge is 0.394 e. The Morgan fingerprint density at radius 2 is 0.946 bits per heavy atom. The quantitative estimate of drug-likeness (QED) is 0.0768. The van der Waals surface area contributed by atoms with E-state index >= 15 is 0 Å². The first-order chi connectivity index (χ1) is 17.4. The van der Waals surface area contributed by atoms with Crippen molar-refractivity contribution >= 4 is 22.3 Å². The summed E-state index contributed by atoms with van der Waals surface area (Å²) >= 11 is 0. The fourth-order valence-corrected chi connectivity index (χ4v) is 3.84. The number of guanidine groups is 2. The molecule has 12 N–H and O–H groups in total. The molecular weight excluding hydrogens is 508 g/mol. The van der Waals surface area contributed by atoms with E-state index in [9.17, 15) is 10.2 Å². The Bertz CT molecular complexity index is 663. The van der Waals surface area contributed by atoms with Gasteiger partial charge in [-0.05, 0) is 25.7 Å². The Hall–Kier alpha value is -1.75. The summed E-state index contributed by atoms with van der Waals surface area (Å²) in [7, 11) is -4.67. The topological polar surface area (TPSA) is 262 Å². The molecule has 14 nitrogen and oxygen atoms in total. The third-order valence-electron chi connectivity index (χ3n) is 5.62. The van der Waals surface area contributed by atoms with Crippen molar-refractivity contribution in [3.63, 3.8) is 0 Å². The lowest BCUT2D eigenvalue weighted by Crippen LogP contribution is -2.28. The van der Waals surface area contributed by atoms with Crippen LogP contribution in [0.15, 0.2) is 9.98 Å². The van der Waals surface area contributed by atoms with Crippen LogP contribution in [0.3, 0.4) is 0 Å². The summed E-state index contributed by atoms with van der Waals surface area (Å²) in [5.74, 6) is 0.0158. The molecule has 0 aromatic carbocycles. The van der Waals surface area contributed by atoms with Gasteiger partial charge < -0.3 is 42.6 Å².